The van der Waals surface area contributed by atoms with Crippen LogP contribution >= 0.6 is 11.6 Å². The minimum absolute atomic E-state index is 0.0962. The third-order valence-electron chi connectivity index (χ3n) is 6.06. The average Bonchev–Trinajstić information content (AvgIpc) is 3.37. The third kappa shape index (κ3) is 3.55. The van der Waals surface area contributed by atoms with Crippen molar-refractivity contribution in [1.29, 1.82) is 0 Å². The molecule has 34 heavy (non-hydrogen) atoms. The number of fused-ring (bicyclic) bond motifs is 1. The normalized spacial score (nSPS) is 21.7. The molecule has 3 atom stereocenters. The van der Waals surface area contributed by atoms with Gasteiger partial charge in [0.1, 0.15) is 23.2 Å². The van der Waals surface area contributed by atoms with Gasteiger partial charge in [-0.3, -0.25) is 14.4 Å². The van der Waals surface area contributed by atoms with E-state index in [9.17, 15) is 14.0 Å². The van der Waals surface area contributed by atoms with Crippen LogP contribution in [0.3, 0.4) is 0 Å². The van der Waals surface area contributed by atoms with Crippen molar-refractivity contribution >= 4 is 34.8 Å². The van der Waals surface area contributed by atoms with Gasteiger partial charge in [-0.1, -0.05) is 23.7 Å². The lowest BCUT2D eigenvalue weighted by Crippen LogP contribution is -2.37. The van der Waals surface area contributed by atoms with Crippen LogP contribution in [0.5, 0.6) is 11.5 Å². The molecule has 2 fully saturated rings. The standard InChI is InChI=1S/C25H20ClFN2O5/c1-32-17-8-3-14(4-9-17)22-21-23(34-29(22)15-5-10-18(33-2)11-6-15)25(31)28(24(21)30)16-7-12-19(26)20(27)13-16/h3-13,21-23H,1-2H3/t21-,22+,23+/m1/s1. The van der Waals surface area contributed by atoms with Crippen LogP contribution in [0.2, 0.25) is 5.02 Å². The summed E-state index contributed by atoms with van der Waals surface area (Å²) in [4.78, 5) is 33.9. The lowest BCUT2D eigenvalue weighted by molar-refractivity contribution is -0.126. The number of nitrogens with zero attached hydrogens (tertiary/aromatic N) is 2. The SMILES string of the molecule is COc1ccc([C@H]2[C@H]3C(=O)N(c4ccc(Cl)c(F)c4)C(=O)[C@H]3ON2c2ccc(OC)cc2)cc1. The average molecular weight is 483 g/mol. The highest BCUT2D eigenvalue weighted by Gasteiger charge is 2.60. The Morgan fingerprint density at radius 1 is 0.853 bits per heavy atom. The smallest absolute Gasteiger partial charge is 0.266 e. The number of methoxy groups -OCH3 is 2. The predicted molar refractivity (Wildman–Crippen MR) is 123 cm³/mol. The molecule has 0 bridgehead atoms. The summed E-state index contributed by atoms with van der Waals surface area (Å²) in [6.45, 7) is 0. The number of carbonyl (C=O) groups is 2. The Balaban J connectivity index is 1.56. The Morgan fingerprint density at radius 2 is 1.44 bits per heavy atom. The predicted octanol–water partition coefficient (Wildman–Crippen LogP) is 4.55. The number of amides is 2. The van der Waals surface area contributed by atoms with Crippen LogP contribution in [0.4, 0.5) is 15.8 Å². The van der Waals surface area contributed by atoms with Gasteiger partial charge in [-0.25, -0.2) is 14.4 Å². The van der Waals surface area contributed by atoms with E-state index in [2.05, 4.69) is 0 Å². The van der Waals surface area contributed by atoms with E-state index in [1.807, 2.05) is 12.1 Å². The number of hydrogen-bond donors (Lipinski definition) is 0. The summed E-state index contributed by atoms with van der Waals surface area (Å²) >= 11 is 5.78. The fourth-order valence-corrected chi connectivity index (χ4v) is 4.50. The molecule has 7 nitrogen and oxygen atoms in total. The molecule has 0 radical (unpaired) electrons. The Bertz CT molecular complexity index is 1250. The molecule has 0 aliphatic carbocycles. The summed E-state index contributed by atoms with van der Waals surface area (Å²) in [6, 6.07) is 17.5. The van der Waals surface area contributed by atoms with Crippen LogP contribution < -0.4 is 19.4 Å². The molecule has 0 saturated carbocycles. The van der Waals surface area contributed by atoms with Gasteiger partial charge in [0, 0.05) is 0 Å². The Kier molecular flexibility index (Phi) is 5.63. The minimum Gasteiger partial charge on any atom is -0.497 e. The van der Waals surface area contributed by atoms with E-state index < -0.39 is 35.7 Å². The molecule has 0 unspecified atom stereocenters. The number of hydroxylamine groups is 1. The summed E-state index contributed by atoms with van der Waals surface area (Å²) in [5.74, 6) is -1.29. The van der Waals surface area contributed by atoms with Crippen molar-refractivity contribution in [3.05, 3.63) is 83.1 Å². The highest BCUT2D eigenvalue weighted by molar-refractivity contribution is 6.31. The second-order valence-corrected chi connectivity index (χ2v) is 8.31. The first kappa shape index (κ1) is 22.2. The number of ether oxygens (including phenoxy) is 2. The van der Waals surface area contributed by atoms with E-state index in [-0.39, 0.29) is 10.7 Å². The van der Waals surface area contributed by atoms with Crippen LogP contribution in [0.1, 0.15) is 11.6 Å². The molecule has 3 aromatic carbocycles. The maximum absolute atomic E-state index is 14.1. The van der Waals surface area contributed by atoms with Gasteiger partial charge >= 0.3 is 0 Å². The number of halogens is 2. The zero-order chi connectivity index (χ0) is 24.0. The highest BCUT2D eigenvalue weighted by atomic mass is 35.5. The van der Waals surface area contributed by atoms with E-state index in [1.54, 1.807) is 55.7 Å². The molecule has 0 spiro atoms. The van der Waals surface area contributed by atoms with E-state index in [0.29, 0.717) is 17.2 Å². The molecule has 2 saturated heterocycles. The first-order valence-corrected chi connectivity index (χ1v) is 10.9. The molecule has 2 heterocycles. The van der Waals surface area contributed by atoms with E-state index in [4.69, 9.17) is 25.9 Å². The lowest BCUT2D eigenvalue weighted by Gasteiger charge is -2.29. The summed E-state index contributed by atoms with van der Waals surface area (Å²) in [6.07, 6.45) is -1.07. The van der Waals surface area contributed by atoms with Gasteiger partial charge in [0.15, 0.2) is 6.10 Å². The van der Waals surface area contributed by atoms with Gasteiger partial charge < -0.3 is 9.47 Å². The molecule has 2 amide bonds. The van der Waals surface area contributed by atoms with Gasteiger partial charge in [0.05, 0.1) is 36.7 Å². The second kappa shape index (κ2) is 8.62. The zero-order valence-electron chi connectivity index (χ0n) is 18.3. The topological polar surface area (TPSA) is 68.3 Å². The summed E-state index contributed by atoms with van der Waals surface area (Å²) < 4.78 is 24.6. The molecule has 3 aromatic rings. The molecule has 174 valence electrons. The quantitative estimate of drug-likeness (QED) is 0.497. The molecule has 2 aliphatic heterocycles. The second-order valence-electron chi connectivity index (χ2n) is 7.90. The van der Waals surface area contributed by atoms with Crippen LogP contribution in [0.25, 0.3) is 0 Å². The van der Waals surface area contributed by atoms with Crippen molar-refractivity contribution in [2.45, 2.75) is 12.1 Å². The van der Waals surface area contributed by atoms with Gasteiger partial charge in [0.2, 0.25) is 5.91 Å². The minimum atomic E-state index is -1.07. The van der Waals surface area contributed by atoms with Gasteiger partial charge in [-0.15, -0.1) is 0 Å². The monoisotopic (exact) mass is 482 g/mol. The van der Waals surface area contributed by atoms with Crippen molar-refractivity contribution in [3.8, 4) is 11.5 Å². The number of imide groups is 1. The molecule has 5 rings (SSSR count). The third-order valence-corrected chi connectivity index (χ3v) is 6.37. The number of anilines is 2. The maximum atomic E-state index is 14.1. The van der Waals surface area contributed by atoms with Crippen LogP contribution in [-0.4, -0.2) is 32.1 Å². The molecule has 2 aliphatic rings. The molecule has 0 aromatic heterocycles. The van der Waals surface area contributed by atoms with Gasteiger partial charge in [-0.2, -0.15) is 0 Å². The molecule has 9 heteroatoms. The first-order valence-electron chi connectivity index (χ1n) is 10.5. The number of carbonyl (C=O) groups excluding carboxylic acids is 2. The summed E-state index contributed by atoms with van der Waals surface area (Å²) in [5, 5.41) is 1.48. The van der Waals surface area contributed by atoms with Gasteiger partial charge in [-0.05, 0) is 60.2 Å². The Hall–Kier alpha value is -3.62. The van der Waals surface area contributed by atoms with Crippen LogP contribution in [0, 0.1) is 11.7 Å². The van der Waals surface area contributed by atoms with Crippen LogP contribution in [0.15, 0.2) is 66.7 Å². The van der Waals surface area contributed by atoms with E-state index in [1.165, 1.54) is 12.1 Å². The Morgan fingerprint density at radius 3 is 2.03 bits per heavy atom. The maximum Gasteiger partial charge on any atom is 0.266 e. The van der Waals surface area contributed by atoms with E-state index >= 15 is 0 Å². The number of benzene rings is 3. The summed E-state index contributed by atoms with van der Waals surface area (Å²) in [7, 11) is 3.13. The largest absolute Gasteiger partial charge is 0.497 e. The molecular weight excluding hydrogens is 463 g/mol. The molecule has 0 N–H and O–H groups in total. The fraction of sp³-hybridized carbons (Fsp3) is 0.200. The van der Waals surface area contributed by atoms with Crippen molar-refractivity contribution in [2.75, 3.05) is 24.2 Å². The van der Waals surface area contributed by atoms with Crippen molar-refractivity contribution in [3.63, 3.8) is 0 Å². The first-order chi connectivity index (χ1) is 16.4. The van der Waals surface area contributed by atoms with Crippen molar-refractivity contribution in [2.24, 2.45) is 5.92 Å². The van der Waals surface area contributed by atoms with Crippen molar-refractivity contribution in [1.82, 2.24) is 0 Å². The summed E-state index contributed by atoms with van der Waals surface area (Å²) in [5.41, 5.74) is 1.52. The number of rotatable bonds is 5. The lowest BCUT2D eigenvalue weighted by atomic mass is 9.90. The van der Waals surface area contributed by atoms with E-state index in [0.717, 1.165) is 16.5 Å². The molecular formula is C25H20ClFN2O5. The fourth-order valence-electron chi connectivity index (χ4n) is 4.39. The highest BCUT2D eigenvalue weighted by Crippen LogP contribution is 2.48. The zero-order valence-corrected chi connectivity index (χ0v) is 19.0. The van der Waals surface area contributed by atoms with Crippen molar-refractivity contribution < 1.29 is 28.3 Å². The number of hydrogen-bond acceptors (Lipinski definition) is 6. The Labute approximate surface area is 200 Å². The van der Waals surface area contributed by atoms with Crippen LogP contribution in [-0.2, 0) is 14.4 Å². The van der Waals surface area contributed by atoms with Gasteiger partial charge in [0.25, 0.3) is 5.91 Å².